The van der Waals surface area contributed by atoms with Crippen molar-refractivity contribution in [3.63, 3.8) is 0 Å². The number of hydrogen-bond donors (Lipinski definition) is 1. The van der Waals surface area contributed by atoms with Gasteiger partial charge in [0, 0.05) is 38.9 Å². The van der Waals surface area contributed by atoms with Crippen molar-refractivity contribution in [3.8, 4) is 5.75 Å². The fraction of sp³-hybridized carbons (Fsp3) is 0.611. The highest BCUT2D eigenvalue weighted by atomic mass is 32.2. The maximum atomic E-state index is 12.7. The summed E-state index contributed by atoms with van der Waals surface area (Å²) >= 11 is 0. The fourth-order valence-corrected chi connectivity index (χ4v) is 4.27. The van der Waals surface area contributed by atoms with Crippen LogP contribution < -0.4 is 10.1 Å². The summed E-state index contributed by atoms with van der Waals surface area (Å²) in [5, 5.41) is 2.84. The lowest BCUT2D eigenvalue weighted by Crippen LogP contribution is -2.51. The number of methoxy groups -OCH3 is 1. The molecule has 2 aliphatic rings. The molecule has 150 valence electrons. The Morgan fingerprint density at radius 1 is 1.30 bits per heavy atom. The van der Waals surface area contributed by atoms with Crippen molar-refractivity contribution < 1.29 is 22.7 Å². The predicted molar refractivity (Wildman–Crippen MR) is 102 cm³/mol. The maximum absolute atomic E-state index is 12.7. The first-order valence-electron chi connectivity index (χ1n) is 9.04. The van der Waals surface area contributed by atoms with Gasteiger partial charge in [0.25, 0.3) is 0 Å². The number of urea groups is 1. The number of rotatable bonds is 5. The van der Waals surface area contributed by atoms with E-state index < -0.39 is 10.0 Å². The zero-order valence-electron chi connectivity index (χ0n) is 16.1. The molecule has 1 saturated carbocycles. The van der Waals surface area contributed by atoms with Crippen LogP contribution >= 0.6 is 0 Å². The number of anilines is 1. The van der Waals surface area contributed by atoms with Gasteiger partial charge in [-0.05, 0) is 37.8 Å². The molecule has 9 heteroatoms. The lowest BCUT2D eigenvalue weighted by atomic mass is 10.1. The molecule has 1 N–H and O–H groups in total. The van der Waals surface area contributed by atoms with Crippen LogP contribution in [0.25, 0.3) is 0 Å². The summed E-state index contributed by atoms with van der Waals surface area (Å²) < 4.78 is 37.0. The highest BCUT2D eigenvalue weighted by Crippen LogP contribution is 2.37. The third kappa shape index (κ3) is 4.36. The lowest BCUT2D eigenvalue weighted by molar-refractivity contribution is -0.0717. The average molecular weight is 397 g/mol. The Kier molecular flexibility index (Phi) is 5.64. The van der Waals surface area contributed by atoms with E-state index in [9.17, 15) is 13.2 Å². The summed E-state index contributed by atoms with van der Waals surface area (Å²) in [4.78, 5) is 14.5. The molecule has 1 saturated heterocycles. The number of sulfonamides is 1. The third-order valence-corrected chi connectivity index (χ3v) is 6.75. The summed E-state index contributed by atoms with van der Waals surface area (Å²) in [7, 11) is 0.686. The maximum Gasteiger partial charge on any atom is 0.322 e. The van der Waals surface area contributed by atoms with E-state index in [-0.39, 0.29) is 28.9 Å². The van der Waals surface area contributed by atoms with Gasteiger partial charge in [0.1, 0.15) is 10.6 Å². The summed E-state index contributed by atoms with van der Waals surface area (Å²) in [6.45, 7) is 3.07. The molecule has 8 nitrogen and oxygen atoms in total. The predicted octanol–water partition coefficient (Wildman–Crippen LogP) is 1.98. The van der Waals surface area contributed by atoms with Crippen LogP contribution in [0.15, 0.2) is 23.1 Å². The highest BCUT2D eigenvalue weighted by molar-refractivity contribution is 7.89. The van der Waals surface area contributed by atoms with Crippen LogP contribution in [0.2, 0.25) is 0 Å². The quantitative estimate of drug-likeness (QED) is 0.821. The van der Waals surface area contributed by atoms with Crippen molar-refractivity contribution in [3.05, 3.63) is 18.2 Å². The first-order chi connectivity index (χ1) is 12.7. The third-order valence-electron chi connectivity index (χ3n) is 4.89. The first kappa shape index (κ1) is 19.9. The summed E-state index contributed by atoms with van der Waals surface area (Å²) in [5.74, 6) is 0.742. The SMILES string of the molecule is COc1cc(NC(=O)N2CC(C)OC(C3CC3)C2)ccc1S(=O)(=O)N(C)C. The average Bonchev–Trinajstić information content (AvgIpc) is 3.45. The number of benzene rings is 1. The molecule has 1 aliphatic carbocycles. The number of nitrogens with one attached hydrogen (secondary N) is 1. The first-order valence-corrected chi connectivity index (χ1v) is 10.5. The summed E-state index contributed by atoms with van der Waals surface area (Å²) in [6.07, 6.45) is 2.41. The molecule has 1 heterocycles. The number of nitrogens with zero attached hydrogens (tertiary/aromatic N) is 2. The van der Waals surface area contributed by atoms with E-state index in [0.29, 0.717) is 24.7 Å². The minimum absolute atomic E-state index is 0.00255. The Hall–Kier alpha value is -1.84. The molecule has 1 aromatic rings. The van der Waals surface area contributed by atoms with Crippen LogP contribution in [0.1, 0.15) is 19.8 Å². The second-order valence-corrected chi connectivity index (χ2v) is 9.43. The molecule has 0 spiro atoms. The zero-order valence-corrected chi connectivity index (χ0v) is 17.0. The van der Waals surface area contributed by atoms with Gasteiger partial charge in [-0.15, -0.1) is 0 Å². The summed E-state index contributed by atoms with van der Waals surface area (Å²) in [5.41, 5.74) is 0.483. The van der Waals surface area contributed by atoms with Crippen LogP contribution in [-0.4, -0.2) is 70.2 Å². The molecule has 27 heavy (non-hydrogen) atoms. The van der Waals surface area contributed by atoms with Gasteiger partial charge in [-0.2, -0.15) is 0 Å². The molecule has 3 rings (SSSR count). The Labute approximate surface area is 160 Å². The van der Waals surface area contributed by atoms with Crippen molar-refractivity contribution in [1.29, 1.82) is 0 Å². The highest BCUT2D eigenvalue weighted by Gasteiger charge is 2.38. The molecule has 0 radical (unpaired) electrons. The molecule has 0 bridgehead atoms. The molecular weight excluding hydrogens is 370 g/mol. The van der Waals surface area contributed by atoms with Crippen LogP contribution in [0.5, 0.6) is 5.75 Å². The van der Waals surface area contributed by atoms with Crippen molar-refractivity contribution in [1.82, 2.24) is 9.21 Å². The number of amides is 2. The van der Waals surface area contributed by atoms with Gasteiger partial charge in [-0.25, -0.2) is 17.5 Å². The van der Waals surface area contributed by atoms with E-state index >= 15 is 0 Å². The molecular formula is C18H27N3O5S. The van der Waals surface area contributed by atoms with Gasteiger partial charge in [-0.1, -0.05) is 0 Å². The second-order valence-electron chi connectivity index (χ2n) is 7.31. The second kappa shape index (κ2) is 7.65. The van der Waals surface area contributed by atoms with Gasteiger partial charge < -0.3 is 19.7 Å². The van der Waals surface area contributed by atoms with E-state index in [2.05, 4.69) is 5.32 Å². The lowest BCUT2D eigenvalue weighted by Gasteiger charge is -2.37. The number of carbonyl (C=O) groups excluding carboxylic acids is 1. The Morgan fingerprint density at radius 3 is 2.59 bits per heavy atom. The molecule has 0 aromatic heterocycles. The minimum atomic E-state index is -3.63. The molecule has 2 unspecified atom stereocenters. The van der Waals surface area contributed by atoms with Gasteiger partial charge in [0.2, 0.25) is 10.0 Å². The minimum Gasteiger partial charge on any atom is -0.495 e. The van der Waals surface area contributed by atoms with Crippen LogP contribution in [0, 0.1) is 5.92 Å². The van der Waals surface area contributed by atoms with Crippen molar-refractivity contribution in [2.45, 2.75) is 36.9 Å². The van der Waals surface area contributed by atoms with Gasteiger partial charge in [0.15, 0.2) is 0 Å². The molecule has 2 amide bonds. The van der Waals surface area contributed by atoms with Gasteiger partial charge >= 0.3 is 6.03 Å². The molecule has 1 aliphatic heterocycles. The topological polar surface area (TPSA) is 88.2 Å². The molecule has 1 aromatic carbocycles. The van der Waals surface area contributed by atoms with E-state index in [1.165, 1.54) is 33.3 Å². The van der Waals surface area contributed by atoms with Crippen molar-refractivity contribution >= 4 is 21.7 Å². The number of hydrogen-bond acceptors (Lipinski definition) is 5. The molecule has 2 fully saturated rings. The fourth-order valence-electron chi connectivity index (χ4n) is 3.24. The Balaban J connectivity index is 1.74. The number of morpholine rings is 1. The normalized spacial score (nSPS) is 23.4. The standard InChI is InChI=1S/C18H27N3O5S/c1-12-10-21(11-16(26-12)13-5-6-13)18(22)19-14-7-8-17(15(9-14)25-4)27(23,24)20(2)3/h7-9,12-13,16H,5-6,10-11H2,1-4H3,(H,19,22). The number of carbonyl (C=O) groups is 1. The van der Waals surface area contributed by atoms with Crippen LogP contribution in [-0.2, 0) is 14.8 Å². The van der Waals surface area contributed by atoms with Crippen LogP contribution in [0.3, 0.4) is 0 Å². The number of ether oxygens (including phenoxy) is 2. The van der Waals surface area contributed by atoms with Crippen molar-refractivity contribution in [2.24, 2.45) is 5.92 Å². The monoisotopic (exact) mass is 397 g/mol. The van der Waals surface area contributed by atoms with Crippen molar-refractivity contribution in [2.75, 3.05) is 39.6 Å². The van der Waals surface area contributed by atoms with E-state index in [1.54, 1.807) is 11.0 Å². The Bertz CT molecular complexity index is 807. The molecule has 2 atom stereocenters. The Morgan fingerprint density at radius 2 is 2.00 bits per heavy atom. The summed E-state index contributed by atoms with van der Waals surface area (Å²) in [6, 6.07) is 4.31. The smallest absolute Gasteiger partial charge is 0.322 e. The van der Waals surface area contributed by atoms with E-state index in [1.807, 2.05) is 6.92 Å². The van der Waals surface area contributed by atoms with Gasteiger partial charge in [0.05, 0.1) is 19.3 Å². The van der Waals surface area contributed by atoms with E-state index in [0.717, 1.165) is 17.1 Å². The van der Waals surface area contributed by atoms with Gasteiger partial charge in [-0.3, -0.25) is 0 Å². The van der Waals surface area contributed by atoms with E-state index in [4.69, 9.17) is 9.47 Å². The largest absolute Gasteiger partial charge is 0.495 e. The van der Waals surface area contributed by atoms with Crippen LogP contribution in [0.4, 0.5) is 10.5 Å². The zero-order chi connectivity index (χ0) is 19.8.